The molecule has 1 N–H and O–H groups in total. The van der Waals surface area contributed by atoms with Crippen LogP contribution in [-0.2, 0) is 5.41 Å². The van der Waals surface area contributed by atoms with Crippen LogP contribution in [0.5, 0.6) is 0 Å². The monoisotopic (exact) mass is 276 g/mol. The second-order valence-electron chi connectivity index (χ2n) is 6.86. The smallest absolute Gasteiger partial charge is 0.138 e. The van der Waals surface area contributed by atoms with Crippen LogP contribution in [0.1, 0.15) is 58.3 Å². The summed E-state index contributed by atoms with van der Waals surface area (Å²) in [7, 11) is 2.16. The van der Waals surface area contributed by atoms with Crippen LogP contribution in [-0.4, -0.2) is 29.6 Å². The van der Waals surface area contributed by atoms with E-state index < -0.39 is 0 Å². The van der Waals surface area contributed by atoms with Crippen molar-refractivity contribution in [1.82, 2.24) is 9.97 Å². The zero-order chi connectivity index (χ0) is 14.9. The third-order valence-electron chi connectivity index (χ3n) is 3.76. The van der Waals surface area contributed by atoms with Gasteiger partial charge in [0, 0.05) is 30.6 Å². The van der Waals surface area contributed by atoms with E-state index in [9.17, 15) is 0 Å². The van der Waals surface area contributed by atoms with Crippen LogP contribution in [0.3, 0.4) is 0 Å². The number of nitrogens with one attached hydrogen (secondary N) is 1. The highest BCUT2D eigenvalue weighted by atomic mass is 15.2. The highest BCUT2D eigenvalue weighted by Gasteiger charge is 2.30. The van der Waals surface area contributed by atoms with Gasteiger partial charge in [-0.3, -0.25) is 0 Å². The molecule has 1 heterocycles. The number of nitrogens with zero attached hydrogens (tertiary/aromatic N) is 3. The topological polar surface area (TPSA) is 41.1 Å². The molecular weight excluding hydrogens is 248 g/mol. The summed E-state index contributed by atoms with van der Waals surface area (Å²) in [6.45, 7) is 11.8. The summed E-state index contributed by atoms with van der Waals surface area (Å²) in [6.07, 6.45) is 3.66. The van der Waals surface area contributed by atoms with Crippen LogP contribution >= 0.6 is 0 Å². The van der Waals surface area contributed by atoms with Crippen molar-refractivity contribution in [3.63, 3.8) is 0 Å². The molecule has 2 rings (SSSR count). The summed E-state index contributed by atoms with van der Waals surface area (Å²) in [5.41, 5.74) is 1.14. The highest BCUT2D eigenvalue weighted by Crippen LogP contribution is 2.34. The van der Waals surface area contributed by atoms with Crippen molar-refractivity contribution in [3.8, 4) is 0 Å². The van der Waals surface area contributed by atoms with Gasteiger partial charge in [-0.25, -0.2) is 9.97 Å². The Balaban J connectivity index is 2.42. The Kier molecular flexibility index (Phi) is 4.21. The minimum absolute atomic E-state index is 0.0323. The lowest BCUT2D eigenvalue weighted by atomic mass is 9.95. The average molecular weight is 276 g/mol. The minimum Gasteiger partial charge on any atom is -0.370 e. The lowest BCUT2D eigenvalue weighted by molar-refractivity contribution is 0.544. The first kappa shape index (κ1) is 15.1. The molecule has 4 heteroatoms. The quantitative estimate of drug-likeness (QED) is 0.893. The third-order valence-corrected chi connectivity index (χ3v) is 3.76. The Morgan fingerprint density at radius 2 is 1.90 bits per heavy atom. The Morgan fingerprint density at radius 1 is 1.25 bits per heavy atom. The SMILES string of the molecule is CCCNc1nc(C(C)(C)C)nc(N(C)C2CC2)c1C. The minimum atomic E-state index is -0.0323. The van der Waals surface area contributed by atoms with Gasteiger partial charge in [0.05, 0.1) is 0 Å². The normalized spacial score (nSPS) is 15.3. The van der Waals surface area contributed by atoms with Crippen LogP contribution < -0.4 is 10.2 Å². The van der Waals surface area contributed by atoms with E-state index in [1.165, 1.54) is 18.4 Å². The van der Waals surface area contributed by atoms with Gasteiger partial charge in [-0.05, 0) is 26.2 Å². The summed E-state index contributed by atoms with van der Waals surface area (Å²) in [5.74, 6) is 3.00. The van der Waals surface area contributed by atoms with Gasteiger partial charge < -0.3 is 10.2 Å². The summed E-state index contributed by atoms with van der Waals surface area (Å²) in [6, 6.07) is 0.662. The summed E-state index contributed by atoms with van der Waals surface area (Å²) in [5, 5.41) is 3.45. The molecule has 112 valence electrons. The molecule has 1 fully saturated rings. The van der Waals surface area contributed by atoms with Gasteiger partial charge in [0.25, 0.3) is 0 Å². The zero-order valence-corrected chi connectivity index (χ0v) is 13.7. The van der Waals surface area contributed by atoms with E-state index in [1.54, 1.807) is 0 Å². The highest BCUT2D eigenvalue weighted by molar-refractivity contribution is 5.59. The zero-order valence-electron chi connectivity index (χ0n) is 13.7. The Bertz CT molecular complexity index is 472. The molecule has 0 atom stereocenters. The van der Waals surface area contributed by atoms with Crippen LogP contribution in [0.15, 0.2) is 0 Å². The van der Waals surface area contributed by atoms with Crippen LogP contribution in [0, 0.1) is 6.92 Å². The van der Waals surface area contributed by atoms with E-state index >= 15 is 0 Å². The molecule has 0 spiro atoms. The second kappa shape index (κ2) is 5.58. The van der Waals surface area contributed by atoms with Gasteiger partial charge in [-0.2, -0.15) is 0 Å². The van der Waals surface area contributed by atoms with Crippen LogP contribution in [0.25, 0.3) is 0 Å². The van der Waals surface area contributed by atoms with Gasteiger partial charge in [-0.1, -0.05) is 27.7 Å². The van der Waals surface area contributed by atoms with Crippen molar-refractivity contribution in [1.29, 1.82) is 0 Å². The Morgan fingerprint density at radius 3 is 2.40 bits per heavy atom. The van der Waals surface area contributed by atoms with Gasteiger partial charge in [0.15, 0.2) is 0 Å². The van der Waals surface area contributed by atoms with Crippen molar-refractivity contribution in [2.45, 2.75) is 65.3 Å². The molecule has 1 saturated carbocycles. The molecule has 1 aliphatic rings. The van der Waals surface area contributed by atoms with E-state index in [0.717, 1.165) is 30.4 Å². The molecule has 1 aromatic rings. The predicted octanol–water partition coefficient (Wildman–Crippen LogP) is 3.50. The number of rotatable bonds is 5. The molecular formula is C16H28N4. The fraction of sp³-hybridized carbons (Fsp3) is 0.750. The molecule has 0 aromatic carbocycles. The van der Waals surface area contributed by atoms with E-state index in [-0.39, 0.29) is 5.41 Å². The van der Waals surface area contributed by atoms with E-state index in [1.807, 2.05) is 0 Å². The average Bonchev–Trinajstić information content (AvgIpc) is 3.19. The lowest BCUT2D eigenvalue weighted by Gasteiger charge is -2.25. The molecule has 0 bridgehead atoms. The number of anilines is 2. The van der Waals surface area contributed by atoms with Gasteiger partial charge in [-0.15, -0.1) is 0 Å². The predicted molar refractivity (Wildman–Crippen MR) is 85.7 cm³/mol. The fourth-order valence-electron chi connectivity index (χ4n) is 2.23. The van der Waals surface area contributed by atoms with Gasteiger partial charge >= 0.3 is 0 Å². The largest absolute Gasteiger partial charge is 0.370 e. The summed E-state index contributed by atoms with van der Waals surface area (Å²) < 4.78 is 0. The van der Waals surface area contributed by atoms with E-state index in [0.29, 0.717) is 6.04 Å². The molecule has 4 nitrogen and oxygen atoms in total. The van der Waals surface area contributed by atoms with Crippen LogP contribution in [0.2, 0.25) is 0 Å². The fourth-order valence-corrected chi connectivity index (χ4v) is 2.23. The third kappa shape index (κ3) is 3.22. The van der Waals surface area contributed by atoms with Crippen molar-refractivity contribution in [2.24, 2.45) is 0 Å². The maximum Gasteiger partial charge on any atom is 0.138 e. The van der Waals surface area contributed by atoms with Gasteiger partial charge in [0.1, 0.15) is 17.5 Å². The van der Waals surface area contributed by atoms with Crippen molar-refractivity contribution < 1.29 is 0 Å². The number of aromatic nitrogens is 2. The Labute approximate surface area is 123 Å². The maximum atomic E-state index is 4.85. The lowest BCUT2D eigenvalue weighted by Crippen LogP contribution is -2.26. The Hall–Kier alpha value is -1.32. The first-order valence-corrected chi connectivity index (χ1v) is 7.70. The molecule has 20 heavy (non-hydrogen) atoms. The summed E-state index contributed by atoms with van der Waals surface area (Å²) >= 11 is 0. The molecule has 0 unspecified atom stereocenters. The second-order valence-corrected chi connectivity index (χ2v) is 6.86. The first-order chi connectivity index (χ1) is 9.34. The van der Waals surface area contributed by atoms with Crippen molar-refractivity contribution >= 4 is 11.6 Å². The molecule has 1 aromatic heterocycles. The summed E-state index contributed by atoms with van der Waals surface area (Å²) in [4.78, 5) is 11.9. The molecule has 0 saturated heterocycles. The first-order valence-electron chi connectivity index (χ1n) is 7.70. The molecule has 1 aliphatic carbocycles. The van der Waals surface area contributed by atoms with E-state index in [2.05, 4.69) is 51.9 Å². The molecule has 0 radical (unpaired) electrons. The van der Waals surface area contributed by atoms with Crippen LogP contribution in [0.4, 0.5) is 11.6 Å². The van der Waals surface area contributed by atoms with Crippen molar-refractivity contribution in [2.75, 3.05) is 23.8 Å². The molecule has 0 aliphatic heterocycles. The number of hydrogen-bond acceptors (Lipinski definition) is 4. The maximum absolute atomic E-state index is 4.85. The number of hydrogen-bond donors (Lipinski definition) is 1. The van der Waals surface area contributed by atoms with Gasteiger partial charge in [0.2, 0.25) is 0 Å². The molecule has 0 amide bonds. The van der Waals surface area contributed by atoms with Crippen molar-refractivity contribution in [3.05, 3.63) is 11.4 Å². The van der Waals surface area contributed by atoms with E-state index in [4.69, 9.17) is 9.97 Å². The standard InChI is InChI=1S/C16H28N4/c1-7-10-17-13-11(2)14(20(6)12-8-9-12)19-15(18-13)16(3,4)5/h12H,7-10H2,1-6H3,(H,17,18,19).